The molecule has 0 aromatic carbocycles. The van der Waals surface area contributed by atoms with Gasteiger partial charge in [-0.3, -0.25) is 4.79 Å². The summed E-state index contributed by atoms with van der Waals surface area (Å²) >= 11 is 4.84. The van der Waals surface area contributed by atoms with Gasteiger partial charge in [-0.2, -0.15) is 0 Å². The van der Waals surface area contributed by atoms with E-state index in [-0.39, 0.29) is 23.5 Å². The number of aliphatic hydroxyl groups excluding tert-OH is 1. The highest BCUT2D eigenvalue weighted by Gasteiger charge is 2.29. The van der Waals surface area contributed by atoms with Crippen molar-refractivity contribution in [1.29, 1.82) is 0 Å². The highest BCUT2D eigenvalue weighted by molar-refractivity contribution is 7.80. The minimum absolute atomic E-state index is 0.00765. The monoisotopic (exact) mass is 244 g/mol. The molecule has 0 aromatic rings. The van der Waals surface area contributed by atoms with E-state index in [0.717, 1.165) is 25.7 Å². The molecule has 3 N–H and O–H groups in total. The van der Waals surface area contributed by atoms with Gasteiger partial charge in [0, 0.05) is 12.6 Å². The lowest BCUT2D eigenvalue weighted by Crippen LogP contribution is -2.46. The molecule has 0 saturated heterocycles. The molecule has 0 aliphatic heterocycles. The van der Waals surface area contributed by atoms with E-state index < -0.39 is 5.92 Å². The first-order chi connectivity index (χ1) is 7.57. The maximum Gasteiger partial charge on any atom is 0.232 e. The van der Waals surface area contributed by atoms with Crippen LogP contribution >= 0.6 is 12.2 Å². The van der Waals surface area contributed by atoms with Crippen molar-refractivity contribution in [2.24, 2.45) is 11.7 Å². The molecule has 1 rings (SSSR count). The van der Waals surface area contributed by atoms with Crippen molar-refractivity contribution in [1.82, 2.24) is 4.90 Å². The first-order valence-corrected chi connectivity index (χ1v) is 6.19. The zero-order valence-corrected chi connectivity index (χ0v) is 10.5. The molecule has 1 aliphatic carbocycles. The quantitative estimate of drug-likeness (QED) is 0.698. The number of rotatable bonds is 5. The second kappa shape index (κ2) is 6.15. The van der Waals surface area contributed by atoms with Crippen LogP contribution in [0.3, 0.4) is 0 Å². The van der Waals surface area contributed by atoms with Crippen LogP contribution in [0.25, 0.3) is 0 Å². The Kier molecular flexibility index (Phi) is 5.15. The van der Waals surface area contributed by atoms with E-state index in [1.165, 1.54) is 0 Å². The summed E-state index contributed by atoms with van der Waals surface area (Å²) in [6, 6.07) is 0.261. The summed E-state index contributed by atoms with van der Waals surface area (Å²) in [4.78, 5) is 14.1. The van der Waals surface area contributed by atoms with Crippen LogP contribution in [0.5, 0.6) is 0 Å². The molecule has 1 amide bonds. The first-order valence-electron chi connectivity index (χ1n) is 5.78. The minimum atomic E-state index is -0.429. The molecule has 4 nitrogen and oxygen atoms in total. The normalized spacial score (nSPS) is 18.4. The second-order valence-electron chi connectivity index (χ2n) is 4.32. The molecule has 92 valence electrons. The van der Waals surface area contributed by atoms with Gasteiger partial charge in [0.15, 0.2) is 0 Å². The van der Waals surface area contributed by atoms with Gasteiger partial charge in [0.25, 0.3) is 0 Å². The van der Waals surface area contributed by atoms with Crippen LogP contribution in [0.1, 0.15) is 32.6 Å². The minimum Gasteiger partial charge on any atom is -0.395 e. The van der Waals surface area contributed by atoms with Crippen molar-refractivity contribution in [2.45, 2.75) is 38.6 Å². The maximum atomic E-state index is 12.1. The van der Waals surface area contributed by atoms with E-state index in [1.807, 2.05) is 0 Å². The van der Waals surface area contributed by atoms with Crippen molar-refractivity contribution in [3.63, 3.8) is 0 Å². The number of amides is 1. The van der Waals surface area contributed by atoms with Crippen molar-refractivity contribution >= 4 is 23.1 Å². The van der Waals surface area contributed by atoms with Crippen LogP contribution in [0, 0.1) is 5.92 Å². The Morgan fingerprint density at radius 1 is 1.56 bits per heavy atom. The van der Waals surface area contributed by atoms with Crippen LogP contribution in [0.2, 0.25) is 0 Å². The molecule has 0 spiro atoms. The number of hydrogen-bond donors (Lipinski definition) is 2. The Hall–Kier alpha value is -0.680. The SMILES string of the molecule is CC(C(=O)N(CCO)C1CCCC1)C(N)=S. The Bertz CT molecular complexity index is 265. The lowest BCUT2D eigenvalue weighted by molar-refractivity contribution is -0.135. The fraction of sp³-hybridized carbons (Fsp3) is 0.818. The average molecular weight is 244 g/mol. The average Bonchev–Trinajstić information content (AvgIpc) is 2.76. The number of aliphatic hydroxyl groups is 1. The van der Waals surface area contributed by atoms with Gasteiger partial charge in [-0.05, 0) is 19.8 Å². The topological polar surface area (TPSA) is 66.6 Å². The van der Waals surface area contributed by atoms with Gasteiger partial charge in [0.2, 0.25) is 5.91 Å². The van der Waals surface area contributed by atoms with Gasteiger partial charge in [-0.15, -0.1) is 0 Å². The van der Waals surface area contributed by atoms with Gasteiger partial charge >= 0.3 is 0 Å². The molecule has 0 radical (unpaired) electrons. The van der Waals surface area contributed by atoms with Crippen LogP contribution in [-0.2, 0) is 4.79 Å². The Balaban J connectivity index is 2.68. The standard InChI is InChI=1S/C11H20N2O2S/c1-8(10(12)16)11(15)13(6-7-14)9-4-2-3-5-9/h8-9,14H,2-7H2,1H3,(H2,12,16). The van der Waals surface area contributed by atoms with Crippen LogP contribution in [-0.4, -0.2) is 40.1 Å². The summed E-state index contributed by atoms with van der Waals surface area (Å²) < 4.78 is 0. The van der Waals surface area contributed by atoms with Crippen LogP contribution in [0.15, 0.2) is 0 Å². The smallest absolute Gasteiger partial charge is 0.232 e. The first kappa shape index (κ1) is 13.4. The maximum absolute atomic E-state index is 12.1. The van der Waals surface area contributed by atoms with Gasteiger partial charge in [0.1, 0.15) is 0 Å². The number of nitrogens with two attached hydrogens (primary N) is 1. The summed E-state index contributed by atoms with van der Waals surface area (Å²) in [7, 11) is 0. The molecule has 0 aromatic heterocycles. The Morgan fingerprint density at radius 3 is 2.56 bits per heavy atom. The van der Waals surface area contributed by atoms with E-state index in [9.17, 15) is 4.79 Å². The Labute approximate surface area is 102 Å². The Morgan fingerprint density at radius 2 is 2.12 bits per heavy atom. The number of nitrogens with zero attached hydrogens (tertiary/aromatic N) is 1. The van der Waals surface area contributed by atoms with E-state index in [0.29, 0.717) is 6.54 Å². The highest BCUT2D eigenvalue weighted by Crippen LogP contribution is 2.24. The van der Waals surface area contributed by atoms with E-state index in [1.54, 1.807) is 11.8 Å². The summed E-state index contributed by atoms with van der Waals surface area (Å²) in [5, 5.41) is 9.01. The molecule has 5 heteroatoms. The molecule has 1 saturated carbocycles. The van der Waals surface area contributed by atoms with Gasteiger partial charge in [0.05, 0.1) is 17.5 Å². The van der Waals surface area contributed by atoms with E-state index >= 15 is 0 Å². The van der Waals surface area contributed by atoms with Gasteiger partial charge < -0.3 is 15.7 Å². The van der Waals surface area contributed by atoms with Crippen molar-refractivity contribution in [3.05, 3.63) is 0 Å². The molecule has 16 heavy (non-hydrogen) atoms. The summed E-state index contributed by atoms with van der Waals surface area (Å²) in [6.45, 7) is 2.10. The largest absolute Gasteiger partial charge is 0.395 e. The fourth-order valence-corrected chi connectivity index (χ4v) is 2.27. The molecule has 0 heterocycles. The third-order valence-corrected chi connectivity index (χ3v) is 3.54. The zero-order chi connectivity index (χ0) is 12.1. The lowest BCUT2D eigenvalue weighted by Gasteiger charge is -2.30. The van der Waals surface area contributed by atoms with Crippen LogP contribution < -0.4 is 5.73 Å². The lowest BCUT2D eigenvalue weighted by atomic mass is 10.1. The molecule has 1 aliphatic rings. The molecular formula is C11H20N2O2S. The third kappa shape index (κ3) is 3.15. The van der Waals surface area contributed by atoms with Gasteiger partial charge in [-0.25, -0.2) is 0 Å². The third-order valence-electron chi connectivity index (χ3n) is 3.19. The predicted molar refractivity (Wildman–Crippen MR) is 67.0 cm³/mol. The summed E-state index contributed by atoms with van der Waals surface area (Å²) in [6.07, 6.45) is 4.36. The summed E-state index contributed by atoms with van der Waals surface area (Å²) in [5.74, 6) is -0.476. The molecule has 1 unspecified atom stereocenters. The molecule has 0 bridgehead atoms. The van der Waals surface area contributed by atoms with Gasteiger partial charge in [-0.1, -0.05) is 25.1 Å². The van der Waals surface area contributed by atoms with Crippen LogP contribution in [0.4, 0.5) is 0 Å². The number of hydrogen-bond acceptors (Lipinski definition) is 3. The van der Waals surface area contributed by atoms with Crippen molar-refractivity contribution < 1.29 is 9.90 Å². The van der Waals surface area contributed by atoms with E-state index in [2.05, 4.69) is 0 Å². The van der Waals surface area contributed by atoms with Crippen molar-refractivity contribution in [2.75, 3.05) is 13.2 Å². The highest BCUT2D eigenvalue weighted by atomic mass is 32.1. The predicted octanol–water partition coefficient (Wildman–Crippen LogP) is 0.672. The van der Waals surface area contributed by atoms with E-state index in [4.69, 9.17) is 23.1 Å². The number of carbonyl (C=O) groups is 1. The van der Waals surface area contributed by atoms with Crippen molar-refractivity contribution in [3.8, 4) is 0 Å². The molecule has 1 fully saturated rings. The number of thiocarbonyl (C=S) groups is 1. The fourth-order valence-electron chi connectivity index (χ4n) is 2.17. The number of carbonyl (C=O) groups excluding carboxylic acids is 1. The second-order valence-corrected chi connectivity index (χ2v) is 4.79. The summed E-state index contributed by atoms with van der Waals surface area (Å²) in [5.41, 5.74) is 5.49. The molecule has 1 atom stereocenters. The zero-order valence-electron chi connectivity index (χ0n) is 9.69. The molecular weight excluding hydrogens is 224 g/mol.